The van der Waals surface area contributed by atoms with Crippen LogP contribution < -0.4 is 5.73 Å². The maximum atomic E-state index is 11.2. The Kier molecular flexibility index (Phi) is 2.99. The predicted molar refractivity (Wildman–Crippen MR) is 51.3 cm³/mol. The van der Waals surface area contributed by atoms with Crippen molar-refractivity contribution < 1.29 is 13.2 Å². The highest BCUT2D eigenvalue weighted by molar-refractivity contribution is 7.91. The largest absolute Gasteiger partial charge is 0.377 e. The van der Waals surface area contributed by atoms with E-state index in [4.69, 9.17) is 10.5 Å². The Morgan fingerprint density at radius 3 is 2.54 bits per heavy atom. The number of hydrogen-bond acceptors (Lipinski definition) is 4. The molecule has 0 aromatic heterocycles. The van der Waals surface area contributed by atoms with Gasteiger partial charge in [0, 0.05) is 0 Å². The van der Waals surface area contributed by atoms with Gasteiger partial charge in [-0.15, -0.1) is 0 Å². The minimum atomic E-state index is -2.91. The smallest absolute Gasteiger partial charge is 0.152 e. The van der Waals surface area contributed by atoms with Gasteiger partial charge < -0.3 is 10.5 Å². The molecular weight excluding hydrogens is 190 g/mol. The molecular formula is C8H17NO3S. The predicted octanol–water partition coefficient (Wildman–Crippen LogP) is -0.0726. The van der Waals surface area contributed by atoms with Crippen molar-refractivity contribution in [3.8, 4) is 0 Å². The van der Waals surface area contributed by atoms with E-state index in [2.05, 4.69) is 0 Å². The standard InChI is InChI=1S/C8H17NO3S/c1-7(2)12-5-8(9)3-4-13(10,11)6-8/h7H,3-6,9H2,1-2H3. The van der Waals surface area contributed by atoms with Gasteiger partial charge in [0.2, 0.25) is 0 Å². The molecule has 0 bridgehead atoms. The van der Waals surface area contributed by atoms with Gasteiger partial charge >= 0.3 is 0 Å². The molecule has 78 valence electrons. The third-order valence-electron chi connectivity index (χ3n) is 2.12. The van der Waals surface area contributed by atoms with E-state index in [-0.39, 0.29) is 17.6 Å². The molecule has 0 amide bonds. The van der Waals surface area contributed by atoms with Crippen molar-refractivity contribution >= 4 is 9.84 Å². The lowest BCUT2D eigenvalue weighted by molar-refractivity contribution is 0.0467. The number of hydrogen-bond donors (Lipinski definition) is 1. The summed E-state index contributed by atoms with van der Waals surface area (Å²) in [5.41, 5.74) is 5.23. The van der Waals surface area contributed by atoms with Gasteiger partial charge in [-0.05, 0) is 20.3 Å². The van der Waals surface area contributed by atoms with Crippen LogP contribution in [0.2, 0.25) is 0 Å². The van der Waals surface area contributed by atoms with E-state index >= 15 is 0 Å². The Morgan fingerprint density at radius 1 is 1.54 bits per heavy atom. The Morgan fingerprint density at radius 2 is 2.15 bits per heavy atom. The van der Waals surface area contributed by atoms with Crippen molar-refractivity contribution in [3.63, 3.8) is 0 Å². The van der Waals surface area contributed by atoms with E-state index in [1.165, 1.54) is 0 Å². The lowest BCUT2D eigenvalue weighted by Crippen LogP contribution is -2.46. The first kappa shape index (κ1) is 10.9. The van der Waals surface area contributed by atoms with Crippen LogP contribution in [0.25, 0.3) is 0 Å². The zero-order valence-corrected chi connectivity index (χ0v) is 8.93. The van der Waals surface area contributed by atoms with Crippen molar-refractivity contribution in [1.29, 1.82) is 0 Å². The lowest BCUT2D eigenvalue weighted by atomic mass is 10.0. The molecule has 0 aromatic carbocycles. The molecule has 0 aromatic rings. The van der Waals surface area contributed by atoms with Crippen LogP contribution in [0, 0.1) is 0 Å². The minimum Gasteiger partial charge on any atom is -0.377 e. The molecule has 0 aliphatic carbocycles. The van der Waals surface area contributed by atoms with E-state index in [1.54, 1.807) is 0 Å². The molecule has 1 aliphatic rings. The van der Waals surface area contributed by atoms with Crippen molar-refractivity contribution in [1.82, 2.24) is 0 Å². The van der Waals surface area contributed by atoms with Gasteiger partial charge in [0.1, 0.15) is 0 Å². The average molecular weight is 207 g/mol. The quantitative estimate of drug-likeness (QED) is 0.703. The topological polar surface area (TPSA) is 69.4 Å². The molecule has 0 radical (unpaired) electrons. The monoisotopic (exact) mass is 207 g/mol. The van der Waals surface area contributed by atoms with E-state index in [9.17, 15) is 8.42 Å². The van der Waals surface area contributed by atoms with Crippen molar-refractivity contribution in [2.24, 2.45) is 5.73 Å². The Labute approximate surface area is 79.4 Å². The van der Waals surface area contributed by atoms with Crippen LogP contribution in [0.5, 0.6) is 0 Å². The second-order valence-corrected chi connectivity index (χ2v) is 6.25. The summed E-state index contributed by atoms with van der Waals surface area (Å²) >= 11 is 0. The van der Waals surface area contributed by atoms with Crippen LogP contribution in [0.1, 0.15) is 20.3 Å². The fourth-order valence-electron chi connectivity index (χ4n) is 1.39. The highest BCUT2D eigenvalue weighted by atomic mass is 32.2. The first-order valence-electron chi connectivity index (χ1n) is 4.44. The van der Waals surface area contributed by atoms with E-state index < -0.39 is 15.4 Å². The molecule has 1 fully saturated rings. The second kappa shape index (κ2) is 3.55. The summed E-state index contributed by atoms with van der Waals surface area (Å²) in [7, 11) is -2.91. The van der Waals surface area contributed by atoms with Crippen LogP contribution in [0.3, 0.4) is 0 Å². The van der Waals surface area contributed by atoms with E-state index in [1.807, 2.05) is 13.8 Å². The fraction of sp³-hybridized carbons (Fsp3) is 1.00. The van der Waals surface area contributed by atoms with Gasteiger partial charge in [-0.2, -0.15) is 0 Å². The van der Waals surface area contributed by atoms with Gasteiger partial charge in [-0.25, -0.2) is 8.42 Å². The van der Waals surface area contributed by atoms with Crippen LogP contribution in [-0.2, 0) is 14.6 Å². The number of nitrogens with two attached hydrogens (primary N) is 1. The second-order valence-electron chi connectivity index (χ2n) is 4.06. The average Bonchev–Trinajstić information content (AvgIpc) is 2.23. The van der Waals surface area contributed by atoms with E-state index in [0.717, 1.165) is 0 Å². The summed E-state index contributed by atoms with van der Waals surface area (Å²) in [6, 6.07) is 0. The van der Waals surface area contributed by atoms with Crippen LogP contribution in [-0.4, -0.2) is 38.2 Å². The summed E-state index contributed by atoms with van der Waals surface area (Å²) in [6.07, 6.45) is 0.617. The Balaban J connectivity index is 2.50. The summed E-state index contributed by atoms with van der Waals surface area (Å²) < 4.78 is 27.6. The Bertz CT molecular complexity index is 273. The SMILES string of the molecule is CC(C)OCC1(N)CCS(=O)(=O)C1. The fourth-order valence-corrected chi connectivity index (χ4v) is 3.35. The lowest BCUT2D eigenvalue weighted by Gasteiger charge is -2.23. The molecule has 2 N–H and O–H groups in total. The van der Waals surface area contributed by atoms with Gasteiger partial charge in [-0.3, -0.25) is 0 Å². The molecule has 4 nitrogen and oxygen atoms in total. The number of ether oxygens (including phenoxy) is 1. The normalized spacial score (nSPS) is 32.6. The van der Waals surface area contributed by atoms with Crippen molar-refractivity contribution in [3.05, 3.63) is 0 Å². The zero-order valence-electron chi connectivity index (χ0n) is 8.12. The third-order valence-corrected chi connectivity index (χ3v) is 3.96. The van der Waals surface area contributed by atoms with Gasteiger partial charge in [0.25, 0.3) is 0 Å². The zero-order chi connectivity index (χ0) is 10.1. The number of sulfone groups is 1. The summed E-state index contributed by atoms with van der Waals surface area (Å²) in [6.45, 7) is 4.16. The molecule has 1 rings (SSSR count). The van der Waals surface area contributed by atoms with Crippen molar-refractivity contribution in [2.75, 3.05) is 18.1 Å². The highest BCUT2D eigenvalue weighted by Crippen LogP contribution is 2.21. The molecule has 1 unspecified atom stereocenters. The van der Waals surface area contributed by atoms with Gasteiger partial charge in [-0.1, -0.05) is 0 Å². The van der Waals surface area contributed by atoms with E-state index in [0.29, 0.717) is 13.0 Å². The molecule has 1 aliphatic heterocycles. The third kappa shape index (κ3) is 3.25. The van der Waals surface area contributed by atoms with Crippen LogP contribution in [0.4, 0.5) is 0 Å². The van der Waals surface area contributed by atoms with Gasteiger partial charge in [0.15, 0.2) is 9.84 Å². The minimum absolute atomic E-state index is 0.0622. The molecule has 1 saturated heterocycles. The maximum absolute atomic E-state index is 11.2. The molecule has 1 atom stereocenters. The maximum Gasteiger partial charge on any atom is 0.152 e. The molecule has 1 heterocycles. The summed E-state index contributed by atoms with van der Waals surface area (Å²) in [5.74, 6) is 0.262. The summed E-state index contributed by atoms with van der Waals surface area (Å²) in [5, 5.41) is 0. The van der Waals surface area contributed by atoms with Crippen LogP contribution >= 0.6 is 0 Å². The molecule has 0 spiro atoms. The van der Waals surface area contributed by atoms with Crippen molar-refractivity contribution in [2.45, 2.75) is 31.9 Å². The Hall–Kier alpha value is -0.130. The molecule has 0 saturated carbocycles. The summed E-state index contributed by atoms with van der Waals surface area (Å²) in [4.78, 5) is 0. The first-order chi connectivity index (χ1) is 5.83. The number of rotatable bonds is 3. The molecule has 13 heavy (non-hydrogen) atoms. The van der Waals surface area contributed by atoms with Crippen LogP contribution in [0.15, 0.2) is 0 Å². The molecule has 5 heteroatoms. The highest BCUT2D eigenvalue weighted by Gasteiger charge is 2.39. The van der Waals surface area contributed by atoms with Gasteiger partial charge in [0.05, 0.1) is 29.8 Å². The first-order valence-corrected chi connectivity index (χ1v) is 6.26.